The van der Waals surface area contributed by atoms with E-state index < -0.39 is 0 Å². The van der Waals surface area contributed by atoms with Crippen molar-refractivity contribution in [1.82, 2.24) is 0 Å². The number of halogens is 1. The lowest BCUT2D eigenvalue weighted by Gasteiger charge is -2.39. The van der Waals surface area contributed by atoms with Crippen molar-refractivity contribution >= 4 is 5.69 Å². The summed E-state index contributed by atoms with van der Waals surface area (Å²) in [5, 5.41) is 0. The van der Waals surface area contributed by atoms with E-state index in [0.717, 1.165) is 43.0 Å². The van der Waals surface area contributed by atoms with E-state index in [-0.39, 0.29) is 5.82 Å². The van der Waals surface area contributed by atoms with Gasteiger partial charge in [0.1, 0.15) is 5.82 Å². The average Bonchev–Trinajstić information content (AvgIpc) is 2.31. The fourth-order valence-electron chi connectivity index (χ4n) is 2.98. The molecule has 18 heavy (non-hydrogen) atoms. The van der Waals surface area contributed by atoms with Gasteiger partial charge >= 0.3 is 0 Å². The molecule has 2 atom stereocenters. The number of rotatable bonds is 3. The maximum atomic E-state index is 14.1. The number of benzene rings is 1. The molecule has 1 aliphatic rings. The normalized spacial score (nSPS) is 24.3. The molecule has 0 saturated carbocycles. The summed E-state index contributed by atoms with van der Waals surface area (Å²) in [5.41, 5.74) is 7.45. The van der Waals surface area contributed by atoms with Crippen LogP contribution in [0, 0.1) is 11.7 Å². The lowest BCUT2D eigenvalue weighted by Crippen LogP contribution is -2.41. The van der Waals surface area contributed by atoms with E-state index in [2.05, 4.69) is 18.7 Å². The van der Waals surface area contributed by atoms with E-state index in [1.54, 1.807) is 12.1 Å². The summed E-state index contributed by atoms with van der Waals surface area (Å²) >= 11 is 0. The number of hydrogen-bond donors (Lipinski definition) is 1. The Balaban J connectivity index is 2.31. The first-order valence-corrected chi connectivity index (χ1v) is 6.87. The third-order valence-corrected chi connectivity index (χ3v) is 3.91. The number of hydrogen-bond acceptors (Lipinski definition) is 2. The highest BCUT2D eigenvalue weighted by Gasteiger charge is 2.26. The van der Waals surface area contributed by atoms with Gasteiger partial charge in [-0.15, -0.1) is 0 Å². The highest BCUT2D eigenvalue weighted by molar-refractivity contribution is 5.56. The van der Waals surface area contributed by atoms with E-state index in [4.69, 9.17) is 5.73 Å². The molecule has 1 aromatic carbocycles. The van der Waals surface area contributed by atoms with Crippen LogP contribution in [0.25, 0.3) is 0 Å². The second-order valence-electron chi connectivity index (χ2n) is 5.46. The van der Waals surface area contributed by atoms with Gasteiger partial charge in [-0.3, -0.25) is 0 Å². The van der Waals surface area contributed by atoms with E-state index in [1.807, 2.05) is 6.07 Å². The standard InChI is InChI=1S/C15H23FN2/c1-11-7-9-18(12(2)10-11)15-13(6-8-17)4-3-5-14(15)16/h3-5,11-12H,6-10,17H2,1-2H3. The molecule has 1 aliphatic heterocycles. The monoisotopic (exact) mass is 250 g/mol. The lowest BCUT2D eigenvalue weighted by molar-refractivity contribution is 0.374. The molecule has 0 aliphatic carbocycles. The Bertz CT molecular complexity index is 405. The molecule has 100 valence electrons. The molecule has 0 amide bonds. The van der Waals surface area contributed by atoms with Gasteiger partial charge in [-0.2, -0.15) is 0 Å². The minimum Gasteiger partial charge on any atom is -0.366 e. The zero-order valence-electron chi connectivity index (χ0n) is 11.3. The first-order valence-electron chi connectivity index (χ1n) is 6.87. The maximum Gasteiger partial charge on any atom is 0.146 e. The number of piperidine rings is 1. The Kier molecular flexibility index (Phi) is 4.23. The van der Waals surface area contributed by atoms with E-state index in [1.165, 1.54) is 0 Å². The van der Waals surface area contributed by atoms with Crippen LogP contribution in [0.3, 0.4) is 0 Å². The van der Waals surface area contributed by atoms with E-state index in [9.17, 15) is 4.39 Å². The Morgan fingerprint density at radius 2 is 2.17 bits per heavy atom. The van der Waals surface area contributed by atoms with Gasteiger partial charge in [-0.05, 0) is 50.3 Å². The first-order chi connectivity index (χ1) is 8.63. The zero-order valence-corrected chi connectivity index (χ0v) is 11.3. The molecule has 2 rings (SSSR count). The van der Waals surface area contributed by atoms with Crippen LogP contribution >= 0.6 is 0 Å². The van der Waals surface area contributed by atoms with Gasteiger partial charge in [0.15, 0.2) is 0 Å². The fourth-order valence-corrected chi connectivity index (χ4v) is 2.98. The zero-order chi connectivity index (χ0) is 13.1. The van der Waals surface area contributed by atoms with Gasteiger partial charge in [-0.1, -0.05) is 19.1 Å². The van der Waals surface area contributed by atoms with Crippen molar-refractivity contribution in [3.63, 3.8) is 0 Å². The minimum atomic E-state index is -0.109. The predicted molar refractivity (Wildman–Crippen MR) is 74.4 cm³/mol. The summed E-state index contributed by atoms with van der Waals surface area (Å²) in [6, 6.07) is 5.74. The summed E-state index contributed by atoms with van der Waals surface area (Å²) in [6.07, 6.45) is 3.02. The van der Waals surface area contributed by atoms with Gasteiger partial charge in [0.2, 0.25) is 0 Å². The lowest BCUT2D eigenvalue weighted by atomic mass is 9.92. The largest absolute Gasteiger partial charge is 0.366 e. The molecule has 3 heteroatoms. The molecule has 0 spiro atoms. The summed E-state index contributed by atoms with van der Waals surface area (Å²) < 4.78 is 14.1. The van der Waals surface area contributed by atoms with Crippen molar-refractivity contribution < 1.29 is 4.39 Å². The summed E-state index contributed by atoms with van der Waals surface area (Å²) in [7, 11) is 0. The van der Waals surface area contributed by atoms with Crippen LogP contribution in [0.5, 0.6) is 0 Å². The molecular formula is C15H23FN2. The van der Waals surface area contributed by atoms with Crippen LogP contribution in [-0.4, -0.2) is 19.1 Å². The quantitative estimate of drug-likeness (QED) is 0.893. The fraction of sp³-hybridized carbons (Fsp3) is 0.600. The molecule has 2 unspecified atom stereocenters. The van der Waals surface area contributed by atoms with Gasteiger partial charge in [-0.25, -0.2) is 4.39 Å². The summed E-state index contributed by atoms with van der Waals surface area (Å²) in [6.45, 7) is 5.97. The second-order valence-corrected chi connectivity index (χ2v) is 5.46. The van der Waals surface area contributed by atoms with Crippen molar-refractivity contribution in [2.24, 2.45) is 11.7 Å². The highest BCUT2D eigenvalue weighted by Crippen LogP contribution is 2.32. The third kappa shape index (κ3) is 2.66. The third-order valence-electron chi connectivity index (χ3n) is 3.91. The molecular weight excluding hydrogens is 227 g/mol. The molecule has 2 nitrogen and oxygen atoms in total. The molecule has 0 bridgehead atoms. The van der Waals surface area contributed by atoms with Crippen LogP contribution in [0.15, 0.2) is 18.2 Å². The summed E-state index contributed by atoms with van der Waals surface area (Å²) in [5.74, 6) is 0.628. The van der Waals surface area contributed by atoms with E-state index in [0.29, 0.717) is 12.6 Å². The summed E-state index contributed by atoms with van der Waals surface area (Å²) in [4.78, 5) is 2.22. The van der Waals surface area contributed by atoms with Crippen LogP contribution in [-0.2, 0) is 6.42 Å². The molecule has 1 saturated heterocycles. The predicted octanol–water partition coefficient (Wildman–Crippen LogP) is 2.95. The maximum absolute atomic E-state index is 14.1. The van der Waals surface area contributed by atoms with Crippen molar-refractivity contribution in [2.45, 2.75) is 39.2 Å². The van der Waals surface area contributed by atoms with Crippen molar-refractivity contribution in [1.29, 1.82) is 0 Å². The number of nitrogens with two attached hydrogens (primary N) is 1. The highest BCUT2D eigenvalue weighted by atomic mass is 19.1. The number of para-hydroxylation sites is 1. The minimum absolute atomic E-state index is 0.109. The Morgan fingerprint density at radius 3 is 2.83 bits per heavy atom. The molecule has 2 N–H and O–H groups in total. The Hall–Kier alpha value is -1.09. The number of anilines is 1. The van der Waals surface area contributed by atoms with E-state index >= 15 is 0 Å². The average molecular weight is 250 g/mol. The van der Waals surface area contributed by atoms with Crippen LogP contribution < -0.4 is 10.6 Å². The topological polar surface area (TPSA) is 29.3 Å². The van der Waals surface area contributed by atoms with Crippen LogP contribution in [0.4, 0.5) is 10.1 Å². The molecule has 0 radical (unpaired) electrons. The number of nitrogens with zero attached hydrogens (tertiary/aromatic N) is 1. The molecule has 1 fully saturated rings. The molecule has 1 aromatic rings. The van der Waals surface area contributed by atoms with Gasteiger partial charge in [0, 0.05) is 12.6 Å². The van der Waals surface area contributed by atoms with Gasteiger partial charge in [0.25, 0.3) is 0 Å². The van der Waals surface area contributed by atoms with Crippen LogP contribution in [0.1, 0.15) is 32.3 Å². The Labute approximate surface area is 109 Å². The van der Waals surface area contributed by atoms with Crippen molar-refractivity contribution in [3.8, 4) is 0 Å². The molecule has 0 aromatic heterocycles. The SMILES string of the molecule is CC1CCN(c2c(F)cccc2CCN)C(C)C1. The van der Waals surface area contributed by atoms with Gasteiger partial charge in [0.05, 0.1) is 5.69 Å². The van der Waals surface area contributed by atoms with Crippen molar-refractivity contribution in [3.05, 3.63) is 29.6 Å². The van der Waals surface area contributed by atoms with Crippen LogP contribution in [0.2, 0.25) is 0 Å². The first kappa shape index (κ1) is 13.3. The second kappa shape index (κ2) is 5.70. The Morgan fingerprint density at radius 1 is 1.39 bits per heavy atom. The van der Waals surface area contributed by atoms with Crippen molar-refractivity contribution in [2.75, 3.05) is 18.0 Å². The van der Waals surface area contributed by atoms with Gasteiger partial charge < -0.3 is 10.6 Å². The molecule has 1 heterocycles. The smallest absolute Gasteiger partial charge is 0.146 e.